The van der Waals surface area contributed by atoms with E-state index < -0.39 is 17.3 Å². The molecule has 0 saturated heterocycles. The molecule has 1 aromatic carbocycles. The Balaban J connectivity index is 1.32. The Morgan fingerprint density at radius 2 is 2.09 bits per heavy atom. The SMILES string of the molecule is Cn1cnc(C2(O)CC3CC(c4n[nH]c(N)c4C(=O)Nc4ccc(F)c(Cl)c4)CC3C2)c1. The second-order valence-corrected chi connectivity index (χ2v) is 9.44. The van der Waals surface area contributed by atoms with Gasteiger partial charge in [-0.3, -0.25) is 9.89 Å². The van der Waals surface area contributed by atoms with E-state index in [0.717, 1.165) is 12.8 Å². The van der Waals surface area contributed by atoms with E-state index in [4.69, 9.17) is 17.3 Å². The molecule has 3 aromatic rings. The number of aryl methyl sites for hydroxylation is 1. The van der Waals surface area contributed by atoms with E-state index >= 15 is 0 Å². The van der Waals surface area contributed by atoms with E-state index in [1.54, 1.807) is 6.33 Å². The summed E-state index contributed by atoms with van der Waals surface area (Å²) in [5.41, 5.74) is 7.15. The summed E-state index contributed by atoms with van der Waals surface area (Å²) in [6, 6.07) is 3.98. The summed E-state index contributed by atoms with van der Waals surface area (Å²) in [6.07, 6.45) is 6.48. The lowest BCUT2D eigenvalue weighted by molar-refractivity contribution is 0.0304. The number of nitrogens with two attached hydrogens (primary N) is 1. The number of carbonyl (C=O) groups is 1. The lowest BCUT2D eigenvalue weighted by Gasteiger charge is -2.22. The van der Waals surface area contributed by atoms with E-state index in [0.29, 0.717) is 47.3 Å². The molecule has 2 aromatic heterocycles. The summed E-state index contributed by atoms with van der Waals surface area (Å²) in [6.45, 7) is 0. The van der Waals surface area contributed by atoms with Gasteiger partial charge in [0.25, 0.3) is 5.91 Å². The molecule has 2 aliphatic carbocycles. The lowest BCUT2D eigenvalue weighted by atomic mass is 9.90. The standard InChI is InChI=1S/C22H24ClFN6O2/c1-30-9-17(26-10-30)22(32)7-12-4-11(5-13(12)8-22)19-18(20(25)29-28-19)21(31)27-14-2-3-16(24)15(23)6-14/h2-3,6,9-13,32H,4-5,7-8H2,1H3,(H,27,31)(H3,25,28,29). The van der Waals surface area contributed by atoms with Crippen molar-refractivity contribution in [1.82, 2.24) is 19.7 Å². The number of hydrogen-bond acceptors (Lipinski definition) is 5. The van der Waals surface area contributed by atoms with Crippen molar-refractivity contribution >= 4 is 29.0 Å². The molecule has 2 fully saturated rings. The predicted octanol–water partition coefficient (Wildman–Crippen LogP) is 3.56. The third-order valence-corrected chi connectivity index (χ3v) is 7.13. The van der Waals surface area contributed by atoms with Crippen LogP contribution in [0.15, 0.2) is 30.7 Å². The first-order valence-corrected chi connectivity index (χ1v) is 10.9. The van der Waals surface area contributed by atoms with Crippen LogP contribution >= 0.6 is 11.6 Å². The fraction of sp³-hybridized carbons (Fsp3) is 0.409. The number of H-pyrrole nitrogens is 1. The Bertz CT molecular complexity index is 1180. The van der Waals surface area contributed by atoms with Gasteiger partial charge in [-0.05, 0) is 55.7 Å². The summed E-state index contributed by atoms with van der Waals surface area (Å²) in [4.78, 5) is 17.3. The van der Waals surface area contributed by atoms with E-state index in [2.05, 4.69) is 20.5 Å². The lowest BCUT2D eigenvalue weighted by Crippen LogP contribution is -2.23. The van der Waals surface area contributed by atoms with Gasteiger partial charge in [-0.25, -0.2) is 9.37 Å². The molecule has 8 nitrogen and oxygen atoms in total. The number of fused-ring (bicyclic) bond motifs is 1. The Hall–Kier alpha value is -2.91. The van der Waals surface area contributed by atoms with Crippen LogP contribution in [0.4, 0.5) is 15.9 Å². The molecule has 0 aliphatic heterocycles. The number of aromatic nitrogens is 4. The Labute approximate surface area is 189 Å². The van der Waals surface area contributed by atoms with Crippen molar-refractivity contribution in [1.29, 1.82) is 0 Å². The maximum atomic E-state index is 13.4. The number of rotatable bonds is 4. The zero-order valence-corrected chi connectivity index (χ0v) is 18.2. The molecule has 10 heteroatoms. The molecule has 2 atom stereocenters. The molecule has 168 valence electrons. The van der Waals surface area contributed by atoms with Gasteiger partial charge in [0, 0.05) is 24.8 Å². The van der Waals surface area contributed by atoms with Crippen LogP contribution in [0.5, 0.6) is 0 Å². The highest BCUT2D eigenvalue weighted by Gasteiger charge is 2.51. The van der Waals surface area contributed by atoms with Gasteiger partial charge in [0.15, 0.2) is 0 Å². The van der Waals surface area contributed by atoms with Crippen LogP contribution in [0.25, 0.3) is 0 Å². The normalized spacial score (nSPS) is 26.9. The number of carbonyl (C=O) groups excluding carboxylic acids is 1. The summed E-state index contributed by atoms with van der Waals surface area (Å²) in [7, 11) is 1.89. The third kappa shape index (κ3) is 3.55. The van der Waals surface area contributed by atoms with Crippen LogP contribution in [0.3, 0.4) is 0 Å². The van der Waals surface area contributed by atoms with Crippen molar-refractivity contribution < 1.29 is 14.3 Å². The maximum absolute atomic E-state index is 13.4. The van der Waals surface area contributed by atoms with Crippen LogP contribution in [0.2, 0.25) is 5.02 Å². The number of benzene rings is 1. The molecule has 2 heterocycles. The largest absolute Gasteiger partial charge is 0.383 e. The second kappa shape index (κ2) is 7.60. The molecular formula is C22H24ClFN6O2. The van der Waals surface area contributed by atoms with Crippen LogP contribution in [-0.4, -0.2) is 30.8 Å². The molecule has 2 aliphatic rings. The van der Waals surface area contributed by atoms with Gasteiger partial charge in [0.2, 0.25) is 0 Å². The molecule has 5 rings (SSSR count). The van der Waals surface area contributed by atoms with Crippen molar-refractivity contribution in [3.05, 3.63) is 58.5 Å². The van der Waals surface area contributed by atoms with E-state index in [1.807, 2.05) is 17.8 Å². The maximum Gasteiger partial charge on any atom is 0.261 e. The highest BCUT2D eigenvalue weighted by Crippen LogP contribution is 2.56. The number of halogens is 2. The number of aromatic amines is 1. The Kier molecular flexibility index (Phi) is 4.98. The van der Waals surface area contributed by atoms with E-state index in [-0.39, 0.29) is 16.8 Å². The van der Waals surface area contributed by atoms with Crippen molar-refractivity contribution in [3.8, 4) is 0 Å². The first-order chi connectivity index (χ1) is 15.2. The molecule has 2 saturated carbocycles. The zero-order valence-electron chi connectivity index (χ0n) is 17.5. The molecule has 2 unspecified atom stereocenters. The van der Waals surface area contributed by atoms with Crippen LogP contribution in [0, 0.1) is 17.7 Å². The predicted molar refractivity (Wildman–Crippen MR) is 118 cm³/mol. The highest BCUT2D eigenvalue weighted by atomic mass is 35.5. The zero-order chi connectivity index (χ0) is 22.6. The first kappa shape index (κ1) is 21.0. The van der Waals surface area contributed by atoms with Crippen molar-refractivity contribution in [2.75, 3.05) is 11.1 Å². The van der Waals surface area contributed by atoms with Gasteiger partial charge >= 0.3 is 0 Å². The average molecular weight is 459 g/mol. The Morgan fingerprint density at radius 3 is 2.72 bits per heavy atom. The number of imidazole rings is 1. The smallest absolute Gasteiger partial charge is 0.261 e. The molecule has 1 amide bonds. The fourth-order valence-corrected chi connectivity index (χ4v) is 5.60. The van der Waals surface area contributed by atoms with E-state index in [1.165, 1.54) is 18.2 Å². The summed E-state index contributed by atoms with van der Waals surface area (Å²) in [5.74, 6) is -0.0991. The van der Waals surface area contributed by atoms with E-state index in [9.17, 15) is 14.3 Å². The minimum atomic E-state index is -0.909. The van der Waals surface area contributed by atoms with Crippen LogP contribution < -0.4 is 11.1 Å². The fourth-order valence-electron chi connectivity index (χ4n) is 5.42. The topological polar surface area (TPSA) is 122 Å². The number of nitrogens with zero attached hydrogens (tertiary/aromatic N) is 3. The molecule has 0 radical (unpaired) electrons. The van der Waals surface area contributed by atoms with Gasteiger partial charge in [0.1, 0.15) is 22.8 Å². The van der Waals surface area contributed by atoms with Gasteiger partial charge < -0.3 is 20.7 Å². The number of nitrogen functional groups attached to an aromatic ring is 1. The molecule has 0 bridgehead atoms. The minimum Gasteiger partial charge on any atom is -0.383 e. The van der Waals surface area contributed by atoms with Crippen molar-refractivity contribution in [2.24, 2.45) is 18.9 Å². The number of anilines is 2. The number of aliphatic hydroxyl groups is 1. The summed E-state index contributed by atoms with van der Waals surface area (Å²) < 4.78 is 15.3. The minimum absolute atomic E-state index is 0.0596. The highest BCUT2D eigenvalue weighted by molar-refractivity contribution is 6.31. The molecule has 0 spiro atoms. The molecule has 32 heavy (non-hydrogen) atoms. The van der Waals surface area contributed by atoms with Crippen molar-refractivity contribution in [3.63, 3.8) is 0 Å². The average Bonchev–Trinajstić information content (AvgIpc) is 3.48. The summed E-state index contributed by atoms with van der Waals surface area (Å²) >= 11 is 5.82. The quantitative estimate of drug-likeness (QED) is 0.476. The van der Waals surface area contributed by atoms with Gasteiger partial charge in [-0.15, -0.1) is 0 Å². The first-order valence-electron chi connectivity index (χ1n) is 10.5. The Morgan fingerprint density at radius 1 is 1.38 bits per heavy atom. The molecular weight excluding hydrogens is 435 g/mol. The molecule has 5 N–H and O–H groups in total. The van der Waals surface area contributed by atoms with Gasteiger partial charge in [0.05, 0.1) is 22.7 Å². The number of hydrogen-bond donors (Lipinski definition) is 4. The van der Waals surface area contributed by atoms with Crippen molar-refractivity contribution in [2.45, 2.75) is 37.2 Å². The third-order valence-electron chi connectivity index (χ3n) is 6.84. The van der Waals surface area contributed by atoms with Crippen LogP contribution in [0.1, 0.15) is 53.3 Å². The number of amides is 1. The monoisotopic (exact) mass is 458 g/mol. The second-order valence-electron chi connectivity index (χ2n) is 9.03. The number of nitrogens with one attached hydrogen (secondary N) is 2. The van der Waals surface area contributed by atoms with Gasteiger partial charge in [-0.1, -0.05) is 11.6 Å². The van der Waals surface area contributed by atoms with Crippen LogP contribution in [-0.2, 0) is 12.6 Å². The summed E-state index contributed by atoms with van der Waals surface area (Å²) in [5, 5.41) is 20.9. The van der Waals surface area contributed by atoms with Gasteiger partial charge in [-0.2, -0.15) is 5.10 Å².